The Morgan fingerprint density at radius 3 is 2.58 bits per heavy atom. The molecule has 0 fully saturated rings. The molecule has 0 spiro atoms. The minimum atomic E-state index is -0.650. The minimum absolute atomic E-state index is 0.0969. The number of hydrogen-bond donors (Lipinski definition) is 1. The lowest BCUT2D eigenvalue weighted by Gasteiger charge is -2.07. The molecule has 0 atom stereocenters. The van der Waals surface area contributed by atoms with Gasteiger partial charge in [-0.1, -0.05) is 23.2 Å². The fraction of sp³-hybridized carbons (Fsp3) is 0.0714. The lowest BCUT2D eigenvalue weighted by atomic mass is 10.1. The average molecular weight is 282 g/mol. The van der Waals surface area contributed by atoms with Crippen molar-refractivity contribution in [1.82, 2.24) is 0 Å². The lowest BCUT2D eigenvalue weighted by molar-refractivity contribution is 0.102. The predicted molar refractivity (Wildman–Crippen MR) is 70.5 cm³/mol. The lowest BCUT2D eigenvalue weighted by Crippen LogP contribution is -2.14. The van der Waals surface area contributed by atoms with Crippen LogP contribution in [0, 0.1) is 18.6 Å². The topological polar surface area (TPSA) is 29.1 Å². The molecule has 0 bridgehead atoms. The summed E-state index contributed by atoms with van der Waals surface area (Å²) in [4.78, 5) is 11.9. The van der Waals surface area contributed by atoms with Crippen LogP contribution in [0.3, 0.4) is 0 Å². The predicted octanol–water partition coefficient (Wildman–Crippen LogP) is 4.18. The van der Waals surface area contributed by atoms with E-state index in [1.165, 1.54) is 18.2 Å². The van der Waals surface area contributed by atoms with E-state index >= 15 is 0 Å². The first-order chi connectivity index (χ1) is 8.95. The van der Waals surface area contributed by atoms with E-state index in [1.807, 2.05) is 0 Å². The highest BCUT2D eigenvalue weighted by molar-refractivity contribution is 6.31. The van der Waals surface area contributed by atoms with Crippen molar-refractivity contribution in [2.45, 2.75) is 6.92 Å². The van der Waals surface area contributed by atoms with Crippen LogP contribution in [0.15, 0.2) is 36.4 Å². The molecule has 0 heterocycles. The van der Waals surface area contributed by atoms with Crippen LogP contribution >= 0.6 is 11.6 Å². The number of rotatable bonds is 2. The second-order valence-electron chi connectivity index (χ2n) is 4.10. The molecular formula is C14H10ClF2NO. The Morgan fingerprint density at radius 2 is 1.89 bits per heavy atom. The van der Waals surface area contributed by atoms with Crippen molar-refractivity contribution in [2.75, 3.05) is 5.32 Å². The van der Waals surface area contributed by atoms with Gasteiger partial charge < -0.3 is 5.32 Å². The molecule has 1 N–H and O–H groups in total. The number of halogens is 3. The van der Waals surface area contributed by atoms with Crippen LogP contribution < -0.4 is 5.32 Å². The first-order valence-electron chi connectivity index (χ1n) is 5.49. The van der Waals surface area contributed by atoms with Gasteiger partial charge in [-0.05, 0) is 37.3 Å². The van der Waals surface area contributed by atoms with E-state index in [0.29, 0.717) is 0 Å². The Morgan fingerprint density at radius 1 is 1.16 bits per heavy atom. The van der Waals surface area contributed by atoms with Crippen molar-refractivity contribution >= 4 is 23.2 Å². The summed E-state index contributed by atoms with van der Waals surface area (Å²) >= 11 is 5.67. The van der Waals surface area contributed by atoms with Crippen LogP contribution in [-0.2, 0) is 0 Å². The van der Waals surface area contributed by atoms with Crippen molar-refractivity contribution in [3.05, 3.63) is 64.2 Å². The maximum absolute atomic E-state index is 13.5. The van der Waals surface area contributed by atoms with Gasteiger partial charge in [-0.2, -0.15) is 0 Å². The van der Waals surface area contributed by atoms with E-state index in [9.17, 15) is 13.6 Å². The molecule has 0 aromatic heterocycles. The van der Waals surface area contributed by atoms with Crippen molar-refractivity contribution in [3.63, 3.8) is 0 Å². The van der Waals surface area contributed by atoms with E-state index in [1.54, 1.807) is 13.0 Å². The molecule has 0 radical (unpaired) electrons. The second kappa shape index (κ2) is 5.36. The monoisotopic (exact) mass is 281 g/mol. The zero-order chi connectivity index (χ0) is 14.0. The zero-order valence-corrected chi connectivity index (χ0v) is 10.8. The van der Waals surface area contributed by atoms with Gasteiger partial charge in [-0.3, -0.25) is 4.79 Å². The van der Waals surface area contributed by atoms with Crippen LogP contribution in [0.5, 0.6) is 0 Å². The number of carbonyl (C=O) groups is 1. The number of amides is 1. The number of anilines is 1. The molecule has 0 saturated heterocycles. The molecule has 19 heavy (non-hydrogen) atoms. The third-order valence-corrected chi connectivity index (χ3v) is 2.71. The maximum atomic E-state index is 13.5. The Hall–Kier alpha value is -1.94. The highest BCUT2D eigenvalue weighted by Crippen LogP contribution is 2.19. The number of carbonyl (C=O) groups excluding carboxylic acids is 1. The van der Waals surface area contributed by atoms with Gasteiger partial charge in [-0.15, -0.1) is 0 Å². The minimum Gasteiger partial charge on any atom is -0.322 e. The maximum Gasteiger partial charge on any atom is 0.258 e. The molecule has 0 aliphatic heterocycles. The van der Waals surface area contributed by atoms with Crippen LogP contribution in [-0.4, -0.2) is 5.91 Å². The Bertz CT molecular complexity index is 623. The van der Waals surface area contributed by atoms with E-state index in [4.69, 9.17) is 11.6 Å². The first-order valence-corrected chi connectivity index (χ1v) is 5.87. The third kappa shape index (κ3) is 3.29. The molecule has 1 amide bonds. The molecule has 2 nitrogen and oxygen atoms in total. The van der Waals surface area contributed by atoms with Gasteiger partial charge >= 0.3 is 0 Å². The van der Waals surface area contributed by atoms with Gasteiger partial charge in [0.05, 0.1) is 5.56 Å². The van der Waals surface area contributed by atoms with Crippen molar-refractivity contribution < 1.29 is 13.6 Å². The molecule has 2 rings (SSSR count). The van der Waals surface area contributed by atoms with Crippen LogP contribution in [0.4, 0.5) is 14.5 Å². The van der Waals surface area contributed by atoms with Crippen molar-refractivity contribution in [2.24, 2.45) is 0 Å². The second-order valence-corrected chi connectivity index (χ2v) is 4.53. The fourth-order valence-corrected chi connectivity index (χ4v) is 1.86. The number of nitrogens with one attached hydrogen (secondary N) is 1. The SMILES string of the molecule is Cc1ccc(F)c(C(=O)Nc2cc(F)cc(Cl)c2)c1. The molecule has 0 aliphatic rings. The molecular weight excluding hydrogens is 272 g/mol. The number of benzene rings is 2. The summed E-state index contributed by atoms with van der Waals surface area (Å²) in [6, 6.07) is 7.80. The standard InChI is InChI=1S/C14H10ClF2NO/c1-8-2-3-13(17)12(4-8)14(19)18-11-6-9(15)5-10(16)7-11/h2-7H,1H3,(H,18,19). The fourth-order valence-electron chi connectivity index (χ4n) is 1.64. The van der Waals surface area contributed by atoms with Gasteiger partial charge in [0.15, 0.2) is 0 Å². The summed E-state index contributed by atoms with van der Waals surface area (Å²) in [7, 11) is 0. The average Bonchev–Trinajstić information content (AvgIpc) is 2.30. The van der Waals surface area contributed by atoms with Crippen LogP contribution in [0.2, 0.25) is 5.02 Å². The summed E-state index contributed by atoms with van der Waals surface area (Å²) in [5.74, 6) is -1.86. The van der Waals surface area contributed by atoms with Crippen molar-refractivity contribution in [3.8, 4) is 0 Å². The Labute approximate surface area is 114 Å². The largest absolute Gasteiger partial charge is 0.322 e. The summed E-state index contributed by atoms with van der Waals surface area (Å²) in [6.07, 6.45) is 0. The van der Waals surface area contributed by atoms with Gasteiger partial charge in [0, 0.05) is 10.7 Å². The van der Waals surface area contributed by atoms with Crippen LogP contribution in [0.1, 0.15) is 15.9 Å². The van der Waals surface area contributed by atoms with E-state index in [-0.39, 0.29) is 16.3 Å². The van der Waals surface area contributed by atoms with Crippen LogP contribution in [0.25, 0.3) is 0 Å². The quantitative estimate of drug-likeness (QED) is 0.879. The highest BCUT2D eigenvalue weighted by Gasteiger charge is 2.12. The van der Waals surface area contributed by atoms with Gasteiger partial charge in [0.1, 0.15) is 11.6 Å². The molecule has 2 aromatic rings. The summed E-state index contributed by atoms with van der Waals surface area (Å²) in [5, 5.41) is 2.56. The summed E-state index contributed by atoms with van der Waals surface area (Å²) < 4.78 is 26.6. The smallest absolute Gasteiger partial charge is 0.258 e. The van der Waals surface area contributed by atoms with E-state index in [0.717, 1.165) is 17.7 Å². The van der Waals surface area contributed by atoms with E-state index < -0.39 is 17.5 Å². The zero-order valence-electron chi connectivity index (χ0n) is 10.0. The third-order valence-electron chi connectivity index (χ3n) is 2.49. The van der Waals surface area contributed by atoms with Gasteiger partial charge in [0.2, 0.25) is 0 Å². The molecule has 0 saturated carbocycles. The summed E-state index contributed by atoms with van der Waals surface area (Å²) in [5.41, 5.74) is 0.833. The first kappa shape index (κ1) is 13.5. The van der Waals surface area contributed by atoms with Crippen molar-refractivity contribution in [1.29, 1.82) is 0 Å². The number of aryl methyl sites for hydroxylation is 1. The summed E-state index contributed by atoms with van der Waals surface area (Å²) in [6.45, 7) is 1.75. The molecule has 0 aliphatic carbocycles. The Balaban J connectivity index is 2.28. The normalized spacial score (nSPS) is 10.3. The Kier molecular flexibility index (Phi) is 3.81. The molecule has 98 valence electrons. The van der Waals surface area contributed by atoms with Gasteiger partial charge in [-0.25, -0.2) is 8.78 Å². The van der Waals surface area contributed by atoms with Gasteiger partial charge in [0.25, 0.3) is 5.91 Å². The molecule has 5 heteroatoms. The number of hydrogen-bond acceptors (Lipinski definition) is 1. The molecule has 0 unspecified atom stereocenters. The molecule has 2 aromatic carbocycles. The highest BCUT2D eigenvalue weighted by atomic mass is 35.5. The van der Waals surface area contributed by atoms with E-state index in [2.05, 4.69) is 5.32 Å².